The molecule has 2 aromatic rings. The van der Waals surface area contributed by atoms with E-state index < -0.39 is 0 Å². The summed E-state index contributed by atoms with van der Waals surface area (Å²) in [5.74, 6) is 1.82. The summed E-state index contributed by atoms with van der Waals surface area (Å²) in [6.07, 6.45) is 1.13. The minimum atomic E-state index is 0.833. The number of halogens is 1. The molecule has 0 aliphatic heterocycles. The highest BCUT2D eigenvalue weighted by Crippen LogP contribution is 2.29. The zero-order chi connectivity index (χ0) is 14.4. The summed E-state index contributed by atoms with van der Waals surface area (Å²) in [4.78, 5) is 0. The molecule has 0 unspecified atom stereocenters. The lowest BCUT2D eigenvalue weighted by Gasteiger charge is -2.13. The standard InChI is InChI=1S/C17H20BrNO/c1-3-10-19-12-14-6-4-5-7-17(14)20-16-9-8-15(18)11-13(16)2/h4-9,11,19H,3,10,12H2,1-2H3. The summed E-state index contributed by atoms with van der Waals surface area (Å²) in [6.45, 7) is 6.07. The molecule has 0 saturated carbocycles. The number of hydrogen-bond donors (Lipinski definition) is 1. The fraction of sp³-hybridized carbons (Fsp3) is 0.294. The van der Waals surface area contributed by atoms with E-state index in [1.807, 2.05) is 30.3 Å². The summed E-state index contributed by atoms with van der Waals surface area (Å²) in [5, 5.41) is 3.41. The minimum Gasteiger partial charge on any atom is -0.457 e. The molecule has 0 aromatic heterocycles. The van der Waals surface area contributed by atoms with Crippen molar-refractivity contribution >= 4 is 15.9 Å². The van der Waals surface area contributed by atoms with Gasteiger partial charge < -0.3 is 10.1 Å². The zero-order valence-electron chi connectivity index (χ0n) is 11.9. The molecular formula is C17H20BrNO. The van der Waals surface area contributed by atoms with Crippen LogP contribution in [0.2, 0.25) is 0 Å². The molecule has 0 aliphatic rings. The normalized spacial score (nSPS) is 10.6. The van der Waals surface area contributed by atoms with Crippen LogP contribution in [0, 0.1) is 6.92 Å². The third-order valence-corrected chi connectivity index (χ3v) is 3.56. The van der Waals surface area contributed by atoms with Crippen molar-refractivity contribution in [3.05, 3.63) is 58.1 Å². The van der Waals surface area contributed by atoms with Gasteiger partial charge in [-0.3, -0.25) is 0 Å². The highest BCUT2D eigenvalue weighted by atomic mass is 79.9. The highest BCUT2D eigenvalue weighted by Gasteiger charge is 2.06. The minimum absolute atomic E-state index is 0.833. The van der Waals surface area contributed by atoms with Gasteiger partial charge in [0, 0.05) is 16.6 Å². The molecule has 3 heteroatoms. The van der Waals surface area contributed by atoms with Gasteiger partial charge in [0.15, 0.2) is 0 Å². The predicted octanol–water partition coefficient (Wildman–Crippen LogP) is 5.05. The molecule has 0 radical (unpaired) electrons. The molecule has 0 amide bonds. The number of aryl methyl sites for hydroxylation is 1. The molecule has 0 atom stereocenters. The Hall–Kier alpha value is -1.32. The third kappa shape index (κ3) is 4.09. The zero-order valence-corrected chi connectivity index (χ0v) is 13.5. The lowest BCUT2D eigenvalue weighted by molar-refractivity contribution is 0.469. The molecule has 0 fully saturated rings. The van der Waals surface area contributed by atoms with Crippen molar-refractivity contribution in [1.82, 2.24) is 5.32 Å². The van der Waals surface area contributed by atoms with Crippen LogP contribution >= 0.6 is 15.9 Å². The predicted molar refractivity (Wildman–Crippen MR) is 87.4 cm³/mol. The number of benzene rings is 2. The van der Waals surface area contributed by atoms with Crippen molar-refractivity contribution in [2.75, 3.05) is 6.54 Å². The molecule has 106 valence electrons. The molecule has 20 heavy (non-hydrogen) atoms. The molecular weight excluding hydrogens is 314 g/mol. The quantitative estimate of drug-likeness (QED) is 0.747. The molecule has 0 bridgehead atoms. The van der Waals surface area contributed by atoms with Crippen molar-refractivity contribution in [3.8, 4) is 11.5 Å². The van der Waals surface area contributed by atoms with Crippen LogP contribution in [0.15, 0.2) is 46.9 Å². The van der Waals surface area contributed by atoms with Crippen LogP contribution in [-0.2, 0) is 6.54 Å². The van der Waals surface area contributed by atoms with Gasteiger partial charge in [-0.05, 0) is 49.7 Å². The number of hydrogen-bond acceptors (Lipinski definition) is 2. The molecule has 0 spiro atoms. The average molecular weight is 334 g/mol. The van der Waals surface area contributed by atoms with Crippen molar-refractivity contribution < 1.29 is 4.74 Å². The Morgan fingerprint density at radius 3 is 2.65 bits per heavy atom. The Balaban J connectivity index is 2.16. The first-order chi connectivity index (χ1) is 9.70. The SMILES string of the molecule is CCCNCc1ccccc1Oc1ccc(Br)cc1C. The van der Waals surface area contributed by atoms with Crippen LogP contribution in [0.25, 0.3) is 0 Å². The van der Waals surface area contributed by atoms with E-state index in [9.17, 15) is 0 Å². The van der Waals surface area contributed by atoms with Crippen molar-refractivity contribution in [3.63, 3.8) is 0 Å². The first-order valence-corrected chi connectivity index (χ1v) is 7.72. The molecule has 2 rings (SSSR count). The van der Waals surface area contributed by atoms with Crippen LogP contribution < -0.4 is 10.1 Å². The Morgan fingerprint density at radius 1 is 1.10 bits per heavy atom. The number of ether oxygens (including phenoxy) is 1. The largest absolute Gasteiger partial charge is 0.457 e. The maximum absolute atomic E-state index is 6.07. The van der Waals surface area contributed by atoms with E-state index in [1.165, 1.54) is 5.56 Å². The first kappa shape index (κ1) is 15.1. The van der Waals surface area contributed by atoms with E-state index in [-0.39, 0.29) is 0 Å². The summed E-state index contributed by atoms with van der Waals surface area (Å²) in [6, 6.07) is 14.2. The molecule has 1 N–H and O–H groups in total. The van der Waals surface area contributed by atoms with Gasteiger partial charge >= 0.3 is 0 Å². The maximum atomic E-state index is 6.07. The van der Waals surface area contributed by atoms with Crippen LogP contribution in [0.4, 0.5) is 0 Å². The monoisotopic (exact) mass is 333 g/mol. The van der Waals surface area contributed by atoms with E-state index in [2.05, 4.69) is 47.2 Å². The second-order valence-electron chi connectivity index (χ2n) is 4.80. The van der Waals surface area contributed by atoms with Gasteiger partial charge in [0.05, 0.1) is 0 Å². The Morgan fingerprint density at radius 2 is 1.90 bits per heavy atom. The van der Waals surface area contributed by atoms with Crippen LogP contribution in [0.1, 0.15) is 24.5 Å². The fourth-order valence-corrected chi connectivity index (χ4v) is 2.47. The van der Waals surface area contributed by atoms with E-state index in [0.717, 1.165) is 41.0 Å². The Bertz CT molecular complexity index is 569. The summed E-state index contributed by atoms with van der Waals surface area (Å²) >= 11 is 3.47. The lowest BCUT2D eigenvalue weighted by atomic mass is 10.2. The fourth-order valence-electron chi connectivity index (χ4n) is 2.00. The van der Waals surface area contributed by atoms with Crippen molar-refractivity contribution in [1.29, 1.82) is 0 Å². The lowest BCUT2D eigenvalue weighted by Crippen LogP contribution is -2.14. The number of rotatable bonds is 6. The summed E-state index contributed by atoms with van der Waals surface area (Å²) in [5.41, 5.74) is 2.30. The molecule has 2 aromatic carbocycles. The van der Waals surface area contributed by atoms with Gasteiger partial charge in [-0.15, -0.1) is 0 Å². The smallest absolute Gasteiger partial charge is 0.131 e. The van der Waals surface area contributed by atoms with Gasteiger partial charge in [0.1, 0.15) is 11.5 Å². The molecule has 0 heterocycles. The molecule has 2 nitrogen and oxygen atoms in total. The maximum Gasteiger partial charge on any atom is 0.131 e. The number of para-hydroxylation sites is 1. The number of nitrogens with one attached hydrogen (secondary N) is 1. The van der Waals surface area contributed by atoms with E-state index in [4.69, 9.17) is 4.74 Å². The summed E-state index contributed by atoms with van der Waals surface area (Å²) < 4.78 is 7.13. The summed E-state index contributed by atoms with van der Waals surface area (Å²) in [7, 11) is 0. The Kier molecular flexibility index (Phi) is 5.62. The van der Waals surface area contributed by atoms with Gasteiger partial charge in [-0.25, -0.2) is 0 Å². The second kappa shape index (κ2) is 7.46. The van der Waals surface area contributed by atoms with Crippen molar-refractivity contribution in [2.24, 2.45) is 0 Å². The molecule has 0 saturated heterocycles. The third-order valence-electron chi connectivity index (χ3n) is 3.07. The molecule has 0 aliphatic carbocycles. The van der Waals surface area contributed by atoms with Gasteiger partial charge in [-0.1, -0.05) is 41.1 Å². The second-order valence-corrected chi connectivity index (χ2v) is 5.71. The van der Waals surface area contributed by atoms with Crippen LogP contribution in [0.5, 0.6) is 11.5 Å². The van der Waals surface area contributed by atoms with E-state index >= 15 is 0 Å². The van der Waals surface area contributed by atoms with Gasteiger partial charge in [-0.2, -0.15) is 0 Å². The van der Waals surface area contributed by atoms with E-state index in [0.29, 0.717) is 0 Å². The highest BCUT2D eigenvalue weighted by molar-refractivity contribution is 9.10. The van der Waals surface area contributed by atoms with E-state index in [1.54, 1.807) is 0 Å². The first-order valence-electron chi connectivity index (χ1n) is 6.93. The topological polar surface area (TPSA) is 21.3 Å². The van der Waals surface area contributed by atoms with Gasteiger partial charge in [0.25, 0.3) is 0 Å². The van der Waals surface area contributed by atoms with Crippen molar-refractivity contribution in [2.45, 2.75) is 26.8 Å². The van der Waals surface area contributed by atoms with Gasteiger partial charge in [0.2, 0.25) is 0 Å². The Labute approximate surface area is 129 Å². The van der Waals surface area contributed by atoms with Crippen LogP contribution in [0.3, 0.4) is 0 Å². The van der Waals surface area contributed by atoms with Crippen LogP contribution in [-0.4, -0.2) is 6.54 Å². The average Bonchev–Trinajstić information content (AvgIpc) is 2.44.